The largest absolute Gasteiger partial charge is 0.399 e. The minimum absolute atomic E-state index is 0.285. The summed E-state index contributed by atoms with van der Waals surface area (Å²) < 4.78 is 0.622. The number of nitrogen functional groups attached to an aromatic ring is 1. The Morgan fingerprint density at radius 2 is 2.05 bits per heavy atom. The Morgan fingerprint density at radius 3 is 2.65 bits per heavy atom. The van der Waals surface area contributed by atoms with Gasteiger partial charge >= 0.3 is 0 Å². The van der Waals surface area contributed by atoms with Crippen molar-refractivity contribution in [3.8, 4) is 6.07 Å². The van der Waals surface area contributed by atoms with Crippen LogP contribution in [0.2, 0.25) is 5.02 Å². The van der Waals surface area contributed by atoms with Crippen LogP contribution < -0.4 is 11.1 Å². The molecule has 0 aromatic heterocycles. The maximum atomic E-state index is 12.1. The van der Waals surface area contributed by atoms with Crippen LogP contribution in [0.3, 0.4) is 0 Å². The Balaban J connectivity index is 2.26. The molecule has 0 fully saturated rings. The van der Waals surface area contributed by atoms with Gasteiger partial charge in [-0.3, -0.25) is 4.79 Å². The Labute approximate surface area is 129 Å². The van der Waals surface area contributed by atoms with Crippen LogP contribution in [0.5, 0.6) is 0 Å². The average Bonchev–Trinajstić information content (AvgIpc) is 2.40. The number of amides is 1. The normalized spacial score (nSPS) is 9.85. The molecule has 2 aromatic carbocycles. The van der Waals surface area contributed by atoms with Crippen molar-refractivity contribution < 1.29 is 4.79 Å². The van der Waals surface area contributed by atoms with Gasteiger partial charge in [0.05, 0.1) is 27.9 Å². The van der Waals surface area contributed by atoms with Crippen molar-refractivity contribution >= 4 is 44.8 Å². The number of carbonyl (C=O) groups is 1. The van der Waals surface area contributed by atoms with Crippen LogP contribution in [-0.4, -0.2) is 5.91 Å². The lowest BCUT2D eigenvalue weighted by atomic mass is 10.1. The molecular weight excluding hydrogens is 342 g/mol. The average molecular weight is 351 g/mol. The van der Waals surface area contributed by atoms with Gasteiger partial charge in [0.25, 0.3) is 5.91 Å². The number of hydrogen-bond donors (Lipinski definition) is 2. The maximum absolute atomic E-state index is 12.1. The molecule has 1 amide bonds. The summed E-state index contributed by atoms with van der Waals surface area (Å²) >= 11 is 9.28. The van der Waals surface area contributed by atoms with Crippen LogP contribution in [0.4, 0.5) is 11.4 Å². The standard InChI is InChI=1S/C14H9BrClN3O/c15-11-5-8(7-17)1-4-13(11)19-14(20)10-3-2-9(18)6-12(10)16/h1-6H,18H2,(H,19,20). The van der Waals surface area contributed by atoms with Gasteiger partial charge in [0, 0.05) is 10.2 Å². The van der Waals surface area contributed by atoms with Gasteiger partial charge in [-0.05, 0) is 52.3 Å². The fraction of sp³-hybridized carbons (Fsp3) is 0. The van der Waals surface area contributed by atoms with E-state index in [4.69, 9.17) is 22.6 Å². The van der Waals surface area contributed by atoms with Gasteiger partial charge < -0.3 is 11.1 Å². The Hall–Kier alpha value is -2.03. The molecule has 4 nitrogen and oxygen atoms in total. The highest BCUT2D eigenvalue weighted by molar-refractivity contribution is 9.10. The van der Waals surface area contributed by atoms with Crippen molar-refractivity contribution in [3.63, 3.8) is 0 Å². The first-order chi connectivity index (χ1) is 9.51. The van der Waals surface area contributed by atoms with Gasteiger partial charge in [0.15, 0.2) is 0 Å². The second-order valence-corrected chi connectivity index (χ2v) is 5.26. The zero-order chi connectivity index (χ0) is 14.7. The van der Waals surface area contributed by atoms with Gasteiger partial charge in [0.2, 0.25) is 0 Å². The smallest absolute Gasteiger partial charge is 0.257 e. The molecule has 0 unspecified atom stereocenters. The SMILES string of the molecule is N#Cc1ccc(NC(=O)c2ccc(N)cc2Cl)c(Br)c1. The first-order valence-corrected chi connectivity index (χ1v) is 6.74. The molecule has 0 aliphatic heterocycles. The van der Waals surface area contributed by atoms with E-state index >= 15 is 0 Å². The van der Waals surface area contributed by atoms with Crippen LogP contribution in [0.1, 0.15) is 15.9 Å². The van der Waals surface area contributed by atoms with E-state index in [1.807, 2.05) is 6.07 Å². The van der Waals surface area contributed by atoms with E-state index < -0.39 is 0 Å². The maximum Gasteiger partial charge on any atom is 0.257 e. The predicted molar refractivity (Wildman–Crippen MR) is 82.7 cm³/mol. The minimum atomic E-state index is -0.347. The summed E-state index contributed by atoms with van der Waals surface area (Å²) in [6.45, 7) is 0. The third-order valence-electron chi connectivity index (χ3n) is 2.58. The number of benzene rings is 2. The number of halogens is 2. The summed E-state index contributed by atoms with van der Waals surface area (Å²) in [5.41, 5.74) is 7.46. The van der Waals surface area contributed by atoms with Crippen molar-refractivity contribution in [1.82, 2.24) is 0 Å². The molecular formula is C14H9BrClN3O. The van der Waals surface area contributed by atoms with Gasteiger partial charge in [0.1, 0.15) is 0 Å². The Morgan fingerprint density at radius 1 is 1.30 bits per heavy atom. The minimum Gasteiger partial charge on any atom is -0.399 e. The number of nitrogens with zero attached hydrogens (tertiary/aromatic N) is 1. The third kappa shape index (κ3) is 3.10. The number of anilines is 2. The Kier molecular flexibility index (Phi) is 4.28. The fourth-order valence-corrected chi connectivity index (χ4v) is 2.34. The zero-order valence-electron chi connectivity index (χ0n) is 10.2. The number of nitriles is 1. The molecule has 3 N–H and O–H groups in total. The lowest BCUT2D eigenvalue weighted by molar-refractivity contribution is 0.102. The highest BCUT2D eigenvalue weighted by atomic mass is 79.9. The number of hydrogen-bond acceptors (Lipinski definition) is 3. The van der Waals surface area contributed by atoms with E-state index in [9.17, 15) is 4.79 Å². The van der Waals surface area contributed by atoms with E-state index in [-0.39, 0.29) is 10.9 Å². The first kappa shape index (κ1) is 14.4. The number of rotatable bonds is 2. The molecule has 0 aliphatic rings. The lowest BCUT2D eigenvalue weighted by Crippen LogP contribution is -2.13. The van der Waals surface area contributed by atoms with Crippen LogP contribution in [0, 0.1) is 11.3 Å². The van der Waals surface area contributed by atoms with Crippen molar-refractivity contribution in [2.24, 2.45) is 0 Å². The monoisotopic (exact) mass is 349 g/mol. The van der Waals surface area contributed by atoms with E-state index in [0.29, 0.717) is 27.0 Å². The second kappa shape index (κ2) is 5.95. The number of carbonyl (C=O) groups excluding carboxylic acids is 1. The molecule has 2 rings (SSSR count). The summed E-state index contributed by atoms with van der Waals surface area (Å²) in [4.78, 5) is 12.1. The molecule has 20 heavy (non-hydrogen) atoms. The Bertz CT molecular complexity index is 725. The highest BCUT2D eigenvalue weighted by Crippen LogP contribution is 2.25. The number of nitrogens with one attached hydrogen (secondary N) is 1. The van der Waals surface area contributed by atoms with E-state index in [0.717, 1.165) is 0 Å². The highest BCUT2D eigenvalue weighted by Gasteiger charge is 2.12. The van der Waals surface area contributed by atoms with Crippen molar-refractivity contribution in [3.05, 3.63) is 57.0 Å². The summed E-state index contributed by atoms with van der Waals surface area (Å²) in [5.74, 6) is -0.347. The quantitative estimate of drug-likeness (QED) is 0.808. The molecule has 0 heterocycles. The summed E-state index contributed by atoms with van der Waals surface area (Å²) in [6, 6.07) is 11.6. The van der Waals surface area contributed by atoms with Crippen molar-refractivity contribution in [2.75, 3.05) is 11.1 Å². The van der Waals surface area contributed by atoms with Gasteiger partial charge in [-0.15, -0.1) is 0 Å². The van der Waals surface area contributed by atoms with E-state index in [2.05, 4.69) is 21.2 Å². The molecule has 2 aromatic rings. The van der Waals surface area contributed by atoms with E-state index in [1.165, 1.54) is 6.07 Å². The molecule has 6 heteroatoms. The molecule has 0 aliphatic carbocycles. The molecule has 0 atom stereocenters. The molecule has 0 bridgehead atoms. The number of nitrogens with two attached hydrogens (primary N) is 1. The topological polar surface area (TPSA) is 78.9 Å². The van der Waals surface area contributed by atoms with Crippen molar-refractivity contribution in [1.29, 1.82) is 5.26 Å². The van der Waals surface area contributed by atoms with Gasteiger partial charge in [-0.1, -0.05) is 11.6 Å². The molecule has 0 spiro atoms. The summed E-state index contributed by atoms with van der Waals surface area (Å²) in [6.07, 6.45) is 0. The fourth-order valence-electron chi connectivity index (χ4n) is 1.59. The summed E-state index contributed by atoms with van der Waals surface area (Å²) in [7, 11) is 0. The molecule has 0 saturated carbocycles. The zero-order valence-corrected chi connectivity index (χ0v) is 12.5. The van der Waals surface area contributed by atoms with E-state index in [1.54, 1.807) is 30.3 Å². The van der Waals surface area contributed by atoms with Crippen molar-refractivity contribution in [2.45, 2.75) is 0 Å². The molecule has 100 valence electrons. The van der Waals surface area contributed by atoms with Crippen LogP contribution in [0.15, 0.2) is 40.9 Å². The van der Waals surface area contributed by atoms with Crippen LogP contribution >= 0.6 is 27.5 Å². The summed E-state index contributed by atoms with van der Waals surface area (Å²) in [5, 5.41) is 11.8. The van der Waals surface area contributed by atoms with Crippen LogP contribution in [0.25, 0.3) is 0 Å². The lowest BCUT2D eigenvalue weighted by Gasteiger charge is -2.09. The molecule has 0 saturated heterocycles. The van der Waals surface area contributed by atoms with Crippen LogP contribution in [-0.2, 0) is 0 Å². The third-order valence-corrected chi connectivity index (χ3v) is 3.55. The first-order valence-electron chi connectivity index (χ1n) is 5.57. The predicted octanol–water partition coefficient (Wildman–Crippen LogP) is 3.81. The van der Waals surface area contributed by atoms with Gasteiger partial charge in [-0.25, -0.2) is 0 Å². The van der Waals surface area contributed by atoms with Gasteiger partial charge in [-0.2, -0.15) is 5.26 Å². The molecule has 0 radical (unpaired) electrons. The second-order valence-electron chi connectivity index (χ2n) is 4.00.